The molecule has 0 saturated carbocycles. The molecule has 0 amide bonds. The van der Waals surface area contributed by atoms with Gasteiger partial charge in [-0.05, 0) is 109 Å². The van der Waals surface area contributed by atoms with Crippen LogP contribution in [0.15, 0.2) is 261 Å². The number of para-hydroxylation sites is 4. The molecule has 0 saturated heterocycles. The normalized spacial score (nSPS) is 12.9. The van der Waals surface area contributed by atoms with Crippen LogP contribution in [0.25, 0.3) is 95.3 Å². The van der Waals surface area contributed by atoms with Crippen molar-refractivity contribution in [3.05, 3.63) is 289 Å². The average molecular weight is 964 g/mol. The third-order valence-corrected chi connectivity index (χ3v) is 14.6. The van der Waals surface area contributed by atoms with E-state index in [1.165, 1.54) is 5.56 Å². The summed E-state index contributed by atoms with van der Waals surface area (Å²) in [5.41, 5.74) is 20.8. The van der Waals surface area contributed by atoms with E-state index in [1.54, 1.807) is 0 Å². The summed E-state index contributed by atoms with van der Waals surface area (Å²) in [4.78, 5) is 5.06. The van der Waals surface area contributed by atoms with Crippen molar-refractivity contribution >= 4 is 39.4 Å². The maximum atomic E-state index is 5.06. The molecule has 1 aliphatic rings. The summed E-state index contributed by atoms with van der Waals surface area (Å²) in [7, 11) is 0. The van der Waals surface area contributed by atoms with Crippen LogP contribution in [0.1, 0.15) is 43.0 Å². The molecule has 0 atom stereocenters. The minimum atomic E-state index is -0.0660. The molecular weight excluding hydrogens is 911 g/mol. The summed E-state index contributed by atoms with van der Waals surface area (Å²) < 4.78 is 6.79. The van der Waals surface area contributed by atoms with Gasteiger partial charge in [-0.2, -0.15) is 0 Å². The molecule has 75 heavy (non-hydrogen) atoms. The van der Waals surface area contributed by atoms with Crippen LogP contribution >= 0.6 is 0 Å². The number of benzene rings is 9. The Morgan fingerprint density at radius 3 is 1.65 bits per heavy atom. The van der Waals surface area contributed by atoms with Gasteiger partial charge in [0.05, 0.1) is 27.9 Å². The van der Waals surface area contributed by atoms with Gasteiger partial charge in [-0.25, -0.2) is 4.98 Å². The number of rotatable bonds is 9. The average Bonchev–Trinajstić information content (AvgIpc) is 4.07. The van der Waals surface area contributed by atoms with Gasteiger partial charge in [-0.1, -0.05) is 233 Å². The lowest BCUT2D eigenvalue weighted by atomic mass is 9.83. The van der Waals surface area contributed by atoms with Gasteiger partial charge in [-0.15, -0.1) is 0 Å². The highest BCUT2D eigenvalue weighted by Gasteiger charge is 2.28. The Hall–Kier alpha value is -9.58. The molecule has 5 nitrogen and oxygen atoms in total. The van der Waals surface area contributed by atoms with Crippen LogP contribution in [0.5, 0.6) is 0 Å². The van der Waals surface area contributed by atoms with E-state index in [4.69, 9.17) is 4.98 Å². The fraction of sp³-hybridized carbons (Fsp3) is 0.0571. The fourth-order valence-electron chi connectivity index (χ4n) is 11.0. The topological polar surface area (TPSA) is 38.7 Å². The van der Waals surface area contributed by atoms with Crippen LogP contribution < -0.4 is 9.88 Å². The number of anilines is 1. The molecule has 1 aliphatic heterocycles. The first-order valence-electron chi connectivity index (χ1n) is 25.7. The summed E-state index contributed by atoms with van der Waals surface area (Å²) >= 11 is 0. The zero-order chi connectivity index (χ0) is 50.5. The number of pyridine rings is 1. The molecule has 0 radical (unpaired) electrons. The quantitative estimate of drug-likeness (QED) is 0.116. The van der Waals surface area contributed by atoms with Gasteiger partial charge in [0.1, 0.15) is 11.6 Å². The molecule has 0 unspecified atom stereocenters. The van der Waals surface area contributed by atoms with Crippen LogP contribution in [-0.2, 0) is 5.41 Å². The Morgan fingerprint density at radius 1 is 0.507 bits per heavy atom. The number of nitrogens with one attached hydrogen (secondary N) is 1. The molecule has 5 heteroatoms. The molecule has 0 fully saturated rings. The van der Waals surface area contributed by atoms with Crippen molar-refractivity contribution in [3.63, 3.8) is 0 Å². The highest BCUT2D eigenvalue weighted by Crippen LogP contribution is 2.46. The van der Waals surface area contributed by atoms with E-state index in [0.717, 1.165) is 117 Å². The second-order valence-electron chi connectivity index (χ2n) is 20.2. The lowest BCUT2D eigenvalue weighted by molar-refractivity contribution is -0.571. The highest BCUT2D eigenvalue weighted by atomic mass is 15.2. The molecule has 0 bridgehead atoms. The van der Waals surface area contributed by atoms with Gasteiger partial charge in [-0.3, -0.25) is 13.7 Å². The van der Waals surface area contributed by atoms with Gasteiger partial charge in [0.15, 0.2) is 0 Å². The molecule has 3 aromatic heterocycles. The molecule has 0 aliphatic carbocycles. The molecule has 4 heterocycles. The first-order valence-corrected chi connectivity index (χ1v) is 25.7. The lowest BCUT2D eigenvalue weighted by Crippen LogP contribution is -2.31. The smallest absolute Gasteiger partial charge is 0.269 e. The van der Waals surface area contributed by atoms with Crippen molar-refractivity contribution < 1.29 is 4.57 Å². The van der Waals surface area contributed by atoms with Gasteiger partial charge in [0.25, 0.3) is 6.33 Å². The number of hydrogen-bond donors (Lipinski definition) is 1. The third kappa shape index (κ3) is 8.16. The SMILES string of the molecule is CC(C)(C)c1ccnc(-n2c3c(c4ccccc42)C=CC(=C(c2cccc(-n4[c-][n+](-c5c(-c6ccccc6)cccc5-c5ccccc5)c5ccccc54)c2)c2c(-c4ccccc4)cccc2-c2ccccc2)N3)c1. The number of nitrogens with zero attached hydrogens (tertiary/aromatic N) is 4. The van der Waals surface area contributed by atoms with Crippen molar-refractivity contribution in [1.29, 1.82) is 0 Å². The molecule has 12 aromatic rings. The monoisotopic (exact) mass is 963 g/mol. The van der Waals surface area contributed by atoms with E-state index in [0.29, 0.717) is 0 Å². The standard InChI is InChI=1S/C70H53N5/c1-70(2,3)53-43-44-71-65(46-53)75-62-38-17-16-33-59(62)60-41-42-61(72-69(60)75)66(67-55(48-23-8-4-9-24-48)34-21-35-56(67)49-25-10-5-11-26-49)52-31-20-32-54(45-52)73-47-74(64-40-19-18-39-63(64)73)68-57(50-27-12-6-13-28-50)36-22-37-58(68)51-29-14-7-15-30-51/h4-46,72H,1-3H3. The first kappa shape index (κ1) is 45.3. The van der Waals surface area contributed by atoms with Crippen LogP contribution in [0, 0.1) is 6.33 Å². The zero-order valence-corrected chi connectivity index (χ0v) is 42.1. The molecule has 9 aromatic carbocycles. The minimum absolute atomic E-state index is 0.0660. The Morgan fingerprint density at radius 2 is 1.04 bits per heavy atom. The summed E-state index contributed by atoms with van der Waals surface area (Å²) in [6.07, 6.45) is 10.5. The Bertz CT molecular complexity index is 4040. The largest absolute Gasteiger partial charge is 0.340 e. The second kappa shape index (κ2) is 18.8. The van der Waals surface area contributed by atoms with Gasteiger partial charge in [0.2, 0.25) is 0 Å². The number of fused-ring (bicyclic) bond motifs is 4. The number of imidazole rings is 1. The Labute approximate surface area is 438 Å². The molecule has 1 N–H and O–H groups in total. The molecular formula is C70H53N5. The van der Waals surface area contributed by atoms with Crippen molar-refractivity contribution in [2.75, 3.05) is 5.32 Å². The van der Waals surface area contributed by atoms with E-state index in [-0.39, 0.29) is 5.41 Å². The number of aromatic nitrogens is 4. The summed E-state index contributed by atoms with van der Waals surface area (Å²) in [6, 6.07) is 87.0. The molecule has 0 spiro atoms. The van der Waals surface area contributed by atoms with Crippen LogP contribution in [0.3, 0.4) is 0 Å². The fourth-order valence-corrected chi connectivity index (χ4v) is 11.0. The maximum absolute atomic E-state index is 5.06. The summed E-state index contributed by atoms with van der Waals surface area (Å²) in [5.74, 6) is 1.84. The predicted octanol–water partition coefficient (Wildman–Crippen LogP) is 16.9. The van der Waals surface area contributed by atoms with Gasteiger partial charge in [0, 0.05) is 28.4 Å². The van der Waals surface area contributed by atoms with Crippen LogP contribution in [0.4, 0.5) is 5.82 Å². The Balaban J connectivity index is 1.07. The van der Waals surface area contributed by atoms with Crippen molar-refractivity contribution in [1.82, 2.24) is 14.1 Å². The number of hydrogen-bond acceptors (Lipinski definition) is 2. The van der Waals surface area contributed by atoms with Crippen molar-refractivity contribution in [2.45, 2.75) is 26.2 Å². The minimum Gasteiger partial charge on any atom is -0.340 e. The predicted molar refractivity (Wildman–Crippen MR) is 310 cm³/mol. The summed E-state index contributed by atoms with van der Waals surface area (Å²) in [5, 5.41) is 5.28. The van der Waals surface area contributed by atoms with Gasteiger partial charge >= 0.3 is 0 Å². The lowest BCUT2D eigenvalue weighted by Gasteiger charge is -2.25. The zero-order valence-electron chi connectivity index (χ0n) is 42.1. The first-order chi connectivity index (χ1) is 36.9. The number of allylic oxidation sites excluding steroid dienone is 1. The van der Waals surface area contributed by atoms with Crippen molar-refractivity contribution in [2.24, 2.45) is 0 Å². The van der Waals surface area contributed by atoms with Crippen LogP contribution in [-0.4, -0.2) is 14.1 Å². The Kier molecular flexibility index (Phi) is 11.3. The van der Waals surface area contributed by atoms with Gasteiger partial charge < -0.3 is 5.32 Å². The highest BCUT2D eigenvalue weighted by molar-refractivity contribution is 6.04. The van der Waals surface area contributed by atoms with E-state index in [2.05, 4.69) is 301 Å². The second-order valence-corrected chi connectivity index (χ2v) is 20.2. The van der Waals surface area contributed by atoms with E-state index >= 15 is 0 Å². The summed E-state index contributed by atoms with van der Waals surface area (Å²) in [6.45, 7) is 6.77. The third-order valence-electron chi connectivity index (χ3n) is 14.6. The van der Waals surface area contributed by atoms with E-state index in [9.17, 15) is 0 Å². The molecule has 13 rings (SSSR count). The van der Waals surface area contributed by atoms with E-state index in [1.807, 2.05) is 6.20 Å². The molecule has 358 valence electrons. The maximum Gasteiger partial charge on any atom is 0.269 e. The van der Waals surface area contributed by atoms with E-state index < -0.39 is 0 Å². The van der Waals surface area contributed by atoms with Crippen molar-refractivity contribution in [3.8, 4) is 61.7 Å². The van der Waals surface area contributed by atoms with Crippen LogP contribution in [0.2, 0.25) is 0 Å².